The first kappa shape index (κ1) is 22.3. The largest absolute Gasteiger partial charge is 0.469 e. The van der Waals surface area contributed by atoms with Crippen LogP contribution in [0.25, 0.3) is 32.6 Å². The van der Waals surface area contributed by atoms with Gasteiger partial charge in [-0.3, -0.25) is 20.1 Å². The Bertz CT molecular complexity index is 1310. The molecule has 0 atom stereocenters. The summed E-state index contributed by atoms with van der Waals surface area (Å²) in [5.74, 6) is -0.942. The van der Waals surface area contributed by atoms with Crippen LogP contribution in [0.5, 0.6) is 0 Å². The van der Waals surface area contributed by atoms with E-state index in [1.807, 2.05) is 12.1 Å². The summed E-state index contributed by atoms with van der Waals surface area (Å²) >= 11 is 1.17. The number of nitrogens with zero attached hydrogens (tertiary/aromatic N) is 3. The highest BCUT2D eigenvalue weighted by molar-refractivity contribution is 7.22. The molecule has 0 aliphatic rings. The Labute approximate surface area is 192 Å². The van der Waals surface area contributed by atoms with Crippen LogP contribution >= 0.6 is 11.3 Å². The van der Waals surface area contributed by atoms with Crippen molar-refractivity contribution < 1.29 is 18.7 Å². The molecule has 0 fully saturated rings. The molecule has 3 aromatic heterocycles. The van der Waals surface area contributed by atoms with Crippen LogP contribution in [-0.4, -0.2) is 40.6 Å². The fourth-order valence-electron chi connectivity index (χ4n) is 3.24. The third-order valence-electron chi connectivity index (χ3n) is 4.79. The van der Waals surface area contributed by atoms with E-state index in [9.17, 15) is 9.59 Å². The number of aromatic nitrogens is 3. The first-order valence-corrected chi connectivity index (χ1v) is 10.9. The molecule has 4 aromatic rings. The topological polar surface area (TPSA) is 106 Å². The number of hydrogen-bond donors (Lipinski definition) is 2. The van der Waals surface area contributed by atoms with Crippen molar-refractivity contribution >= 4 is 38.7 Å². The highest BCUT2D eigenvalue weighted by atomic mass is 32.1. The van der Waals surface area contributed by atoms with Crippen LogP contribution in [0.1, 0.15) is 12.6 Å². The van der Waals surface area contributed by atoms with Crippen LogP contribution in [0.2, 0.25) is 0 Å². The molecule has 3 heterocycles. The number of anilines is 1. The Morgan fingerprint density at radius 1 is 1.15 bits per heavy atom. The number of rotatable bonds is 6. The van der Waals surface area contributed by atoms with Crippen molar-refractivity contribution in [2.24, 2.45) is 0 Å². The van der Waals surface area contributed by atoms with E-state index in [1.165, 1.54) is 24.6 Å². The lowest BCUT2D eigenvalue weighted by Gasteiger charge is -2.09. The third-order valence-corrected chi connectivity index (χ3v) is 5.80. The first-order chi connectivity index (χ1) is 16.0. The lowest BCUT2D eigenvalue weighted by Crippen LogP contribution is -2.28. The van der Waals surface area contributed by atoms with Crippen molar-refractivity contribution in [3.63, 3.8) is 0 Å². The lowest BCUT2D eigenvalue weighted by atomic mass is 10.0. The Kier molecular flexibility index (Phi) is 6.55. The predicted molar refractivity (Wildman–Crippen MR) is 124 cm³/mol. The zero-order valence-corrected chi connectivity index (χ0v) is 18.7. The number of carbonyl (C=O) groups is 2. The van der Waals surface area contributed by atoms with E-state index in [0.717, 1.165) is 0 Å². The molecule has 0 saturated carbocycles. The molecular formula is C23H20FN5O3S. The minimum Gasteiger partial charge on any atom is -0.469 e. The maximum Gasteiger partial charge on any atom is 0.321 e. The van der Waals surface area contributed by atoms with E-state index in [4.69, 9.17) is 0 Å². The standard InChI is InChI=1S/C23H20FN5O3S/c1-3-25-22(31)29-23-28-20-19(24)15(13-7-8-14(27-12-13)10-18(30)32-2)11-16(21(20)33-23)17-6-4-5-9-26-17/h4-9,11-12H,3,10H2,1-2H3,(H2,25,28,29,31). The smallest absolute Gasteiger partial charge is 0.321 e. The van der Waals surface area contributed by atoms with Crippen molar-refractivity contribution in [2.45, 2.75) is 13.3 Å². The normalized spacial score (nSPS) is 10.8. The van der Waals surface area contributed by atoms with Crippen LogP contribution in [0, 0.1) is 5.82 Å². The molecule has 2 N–H and O–H groups in total. The number of ether oxygens (including phenoxy) is 1. The maximum absolute atomic E-state index is 15.6. The fraction of sp³-hybridized carbons (Fsp3) is 0.174. The van der Waals surface area contributed by atoms with E-state index in [2.05, 4.69) is 30.3 Å². The van der Waals surface area contributed by atoms with Gasteiger partial charge in [0.05, 0.1) is 29.6 Å². The maximum atomic E-state index is 15.6. The van der Waals surface area contributed by atoms with Gasteiger partial charge in [-0.05, 0) is 31.2 Å². The number of pyridine rings is 2. The zero-order chi connectivity index (χ0) is 23.4. The molecule has 10 heteroatoms. The van der Waals surface area contributed by atoms with E-state index in [0.29, 0.717) is 33.8 Å². The number of halogens is 1. The number of urea groups is 1. The number of amides is 2. The van der Waals surface area contributed by atoms with Gasteiger partial charge in [0.25, 0.3) is 0 Å². The van der Waals surface area contributed by atoms with E-state index in [-0.39, 0.29) is 22.6 Å². The molecule has 0 unspecified atom stereocenters. The average molecular weight is 466 g/mol. The number of benzene rings is 1. The number of hydrogen-bond acceptors (Lipinski definition) is 7. The molecule has 4 rings (SSSR count). The second kappa shape index (κ2) is 9.70. The van der Waals surface area contributed by atoms with Crippen molar-refractivity contribution in [3.8, 4) is 22.4 Å². The summed E-state index contributed by atoms with van der Waals surface area (Å²) < 4.78 is 20.8. The minimum absolute atomic E-state index is 0.0262. The third kappa shape index (κ3) is 4.80. The number of thiazole rings is 1. The predicted octanol–water partition coefficient (Wildman–Crippen LogP) is 4.42. The number of carbonyl (C=O) groups excluding carboxylic acids is 2. The second-order valence-electron chi connectivity index (χ2n) is 6.97. The van der Waals surface area contributed by atoms with Gasteiger partial charge in [0.2, 0.25) is 0 Å². The van der Waals surface area contributed by atoms with E-state index >= 15 is 4.39 Å². The Morgan fingerprint density at radius 3 is 2.67 bits per heavy atom. The molecule has 8 nitrogen and oxygen atoms in total. The number of esters is 1. The first-order valence-electron chi connectivity index (χ1n) is 10.1. The Hall–Kier alpha value is -3.92. The Balaban J connectivity index is 1.82. The van der Waals surface area contributed by atoms with Gasteiger partial charge in [0, 0.05) is 35.6 Å². The molecule has 1 aromatic carbocycles. The van der Waals surface area contributed by atoms with Crippen LogP contribution < -0.4 is 10.6 Å². The summed E-state index contributed by atoms with van der Waals surface area (Å²) in [6.07, 6.45) is 3.19. The number of nitrogens with one attached hydrogen (secondary N) is 2. The van der Waals surface area contributed by atoms with Gasteiger partial charge in [-0.1, -0.05) is 23.5 Å². The molecule has 0 saturated heterocycles. The van der Waals surface area contributed by atoms with Gasteiger partial charge >= 0.3 is 12.0 Å². The molecule has 168 valence electrons. The molecular weight excluding hydrogens is 445 g/mol. The van der Waals surface area contributed by atoms with Crippen LogP contribution in [0.15, 0.2) is 48.8 Å². The van der Waals surface area contributed by atoms with Gasteiger partial charge in [0.15, 0.2) is 10.9 Å². The summed E-state index contributed by atoms with van der Waals surface area (Å²) in [5.41, 5.74) is 2.78. The number of fused-ring (bicyclic) bond motifs is 1. The Morgan fingerprint density at radius 2 is 2.00 bits per heavy atom. The van der Waals surface area contributed by atoms with Crippen LogP contribution in [0.4, 0.5) is 14.3 Å². The SMILES string of the molecule is CCNC(=O)Nc1nc2c(F)c(-c3ccc(CC(=O)OC)nc3)cc(-c3ccccn3)c2s1. The quantitative estimate of drug-likeness (QED) is 0.409. The highest BCUT2D eigenvalue weighted by Gasteiger charge is 2.20. The van der Waals surface area contributed by atoms with Gasteiger partial charge in [-0.2, -0.15) is 0 Å². The average Bonchev–Trinajstić information content (AvgIpc) is 3.24. The van der Waals surface area contributed by atoms with Gasteiger partial charge in [-0.15, -0.1) is 0 Å². The molecule has 0 aliphatic heterocycles. The molecule has 2 amide bonds. The molecule has 0 aliphatic carbocycles. The molecule has 33 heavy (non-hydrogen) atoms. The summed E-state index contributed by atoms with van der Waals surface area (Å²) in [5, 5.41) is 5.55. The molecule has 0 spiro atoms. The van der Waals surface area contributed by atoms with Crippen LogP contribution in [-0.2, 0) is 16.0 Å². The van der Waals surface area contributed by atoms with Gasteiger partial charge in [0.1, 0.15) is 5.52 Å². The van der Waals surface area contributed by atoms with Gasteiger partial charge < -0.3 is 10.1 Å². The fourth-order valence-corrected chi connectivity index (χ4v) is 4.22. The zero-order valence-electron chi connectivity index (χ0n) is 17.9. The summed E-state index contributed by atoms with van der Waals surface area (Å²) in [4.78, 5) is 36.4. The summed E-state index contributed by atoms with van der Waals surface area (Å²) in [6.45, 7) is 2.25. The van der Waals surface area contributed by atoms with E-state index < -0.39 is 17.8 Å². The molecule has 0 bridgehead atoms. The van der Waals surface area contributed by atoms with E-state index in [1.54, 1.807) is 37.4 Å². The van der Waals surface area contributed by atoms with Crippen LogP contribution in [0.3, 0.4) is 0 Å². The second-order valence-corrected chi connectivity index (χ2v) is 7.97. The van der Waals surface area contributed by atoms with Crippen molar-refractivity contribution in [1.29, 1.82) is 0 Å². The lowest BCUT2D eigenvalue weighted by molar-refractivity contribution is -0.139. The summed E-state index contributed by atoms with van der Waals surface area (Å²) in [6, 6.07) is 10.1. The monoisotopic (exact) mass is 465 g/mol. The highest BCUT2D eigenvalue weighted by Crippen LogP contribution is 2.40. The summed E-state index contributed by atoms with van der Waals surface area (Å²) in [7, 11) is 1.31. The number of methoxy groups -OCH3 is 1. The van der Waals surface area contributed by atoms with Gasteiger partial charge in [-0.25, -0.2) is 14.2 Å². The van der Waals surface area contributed by atoms with Crippen molar-refractivity contribution in [2.75, 3.05) is 19.0 Å². The van der Waals surface area contributed by atoms with Crippen molar-refractivity contribution in [1.82, 2.24) is 20.3 Å². The minimum atomic E-state index is -0.535. The van der Waals surface area contributed by atoms with Crippen molar-refractivity contribution in [3.05, 3.63) is 60.3 Å². The molecule has 0 radical (unpaired) electrons.